The minimum Gasteiger partial charge on any atom is -0.317 e. The molecule has 0 aliphatic heterocycles. The molecule has 0 atom stereocenters. The van der Waals surface area contributed by atoms with Crippen molar-refractivity contribution in [3.63, 3.8) is 0 Å². The first kappa shape index (κ1) is 11.9. The minimum atomic E-state index is -0.414. The molecule has 3 heteroatoms. The number of nitrogens with one attached hydrogen (secondary N) is 1. The largest absolute Gasteiger partial charge is 0.317 e. The van der Waals surface area contributed by atoms with Gasteiger partial charge >= 0.3 is 0 Å². The highest BCUT2D eigenvalue weighted by Crippen LogP contribution is 2.10. The Hall–Kier alpha value is -1.22. The molecule has 1 aliphatic carbocycles. The molecular formula is C12H17NO2. The van der Waals surface area contributed by atoms with Gasteiger partial charge in [-0.25, -0.2) is 0 Å². The van der Waals surface area contributed by atoms with Gasteiger partial charge in [-0.2, -0.15) is 0 Å². The lowest BCUT2D eigenvalue weighted by Gasteiger charge is -2.06. The monoisotopic (exact) mass is 207 g/mol. The summed E-state index contributed by atoms with van der Waals surface area (Å²) in [6.45, 7) is 4.12. The Kier molecular flexibility index (Phi) is 4.98. The second-order valence-corrected chi connectivity index (χ2v) is 3.63. The van der Waals surface area contributed by atoms with Crippen LogP contribution in [0.1, 0.15) is 26.2 Å². The quantitative estimate of drug-likeness (QED) is 0.407. The molecule has 3 nitrogen and oxygen atoms in total. The molecule has 0 unspecified atom stereocenters. The summed E-state index contributed by atoms with van der Waals surface area (Å²) in [4.78, 5) is 21.9. The molecule has 0 saturated carbocycles. The SMILES string of the molecule is CCCNCCCC1=CC(=O)C(=O)C=C1. The van der Waals surface area contributed by atoms with Crippen molar-refractivity contribution < 1.29 is 9.59 Å². The third-order valence-corrected chi connectivity index (χ3v) is 2.25. The molecule has 0 aromatic rings. The molecule has 0 radical (unpaired) electrons. The van der Waals surface area contributed by atoms with Crippen molar-refractivity contribution in [3.05, 3.63) is 23.8 Å². The first-order chi connectivity index (χ1) is 7.24. The molecule has 1 rings (SSSR count). The fourth-order valence-corrected chi connectivity index (χ4v) is 1.43. The van der Waals surface area contributed by atoms with E-state index < -0.39 is 11.6 Å². The molecule has 0 saturated heterocycles. The molecule has 0 aromatic heterocycles. The van der Waals surface area contributed by atoms with Crippen molar-refractivity contribution in [2.24, 2.45) is 0 Å². The minimum absolute atomic E-state index is 0.394. The van der Waals surface area contributed by atoms with Crippen LogP contribution in [-0.2, 0) is 9.59 Å². The van der Waals surface area contributed by atoms with E-state index in [0.717, 1.165) is 37.9 Å². The molecule has 1 N–H and O–H groups in total. The predicted octanol–water partition coefficient (Wildman–Crippen LogP) is 1.40. The Balaban J connectivity index is 2.22. The number of rotatable bonds is 6. The Bertz CT molecular complexity index is 303. The summed E-state index contributed by atoms with van der Waals surface area (Å²) in [5.74, 6) is -0.808. The lowest BCUT2D eigenvalue weighted by molar-refractivity contribution is -0.131. The third kappa shape index (κ3) is 4.21. The van der Waals surface area contributed by atoms with Crippen LogP contribution in [0.3, 0.4) is 0 Å². The summed E-state index contributed by atoms with van der Waals surface area (Å²) in [7, 11) is 0. The van der Waals surface area contributed by atoms with E-state index in [9.17, 15) is 9.59 Å². The van der Waals surface area contributed by atoms with Gasteiger partial charge in [0.25, 0.3) is 0 Å². The Morgan fingerprint density at radius 3 is 2.60 bits per heavy atom. The molecule has 1 aliphatic rings. The summed E-state index contributed by atoms with van der Waals surface area (Å²) in [6, 6.07) is 0. The second-order valence-electron chi connectivity index (χ2n) is 3.63. The number of hydrogen-bond acceptors (Lipinski definition) is 3. The van der Waals surface area contributed by atoms with Crippen LogP contribution in [0.5, 0.6) is 0 Å². The van der Waals surface area contributed by atoms with Crippen LogP contribution in [0.15, 0.2) is 23.8 Å². The van der Waals surface area contributed by atoms with E-state index in [2.05, 4.69) is 12.2 Å². The van der Waals surface area contributed by atoms with E-state index >= 15 is 0 Å². The lowest BCUT2D eigenvalue weighted by Crippen LogP contribution is -2.16. The maximum atomic E-state index is 11.0. The van der Waals surface area contributed by atoms with Crippen LogP contribution in [-0.4, -0.2) is 24.7 Å². The summed E-state index contributed by atoms with van der Waals surface area (Å²) in [5, 5.41) is 3.29. The maximum absolute atomic E-state index is 11.0. The van der Waals surface area contributed by atoms with E-state index in [1.165, 1.54) is 12.2 Å². The normalized spacial score (nSPS) is 15.7. The van der Waals surface area contributed by atoms with Gasteiger partial charge in [0.15, 0.2) is 0 Å². The first-order valence-corrected chi connectivity index (χ1v) is 5.41. The van der Waals surface area contributed by atoms with Gasteiger partial charge < -0.3 is 5.32 Å². The zero-order chi connectivity index (χ0) is 11.1. The predicted molar refractivity (Wildman–Crippen MR) is 59.6 cm³/mol. The molecule has 0 heterocycles. The summed E-state index contributed by atoms with van der Waals surface area (Å²) < 4.78 is 0. The van der Waals surface area contributed by atoms with Crippen molar-refractivity contribution in [2.45, 2.75) is 26.2 Å². The van der Waals surface area contributed by atoms with Crippen LogP contribution in [0.2, 0.25) is 0 Å². The number of allylic oxidation sites excluding steroid dienone is 4. The van der Waals surface area contributed by atoms with Gasteiger partial charge in [-0.05, 0) is 50.1 Å². The van der Waals surface area contributed by atoms with E-state index in [0.29, 0.717) is 0 Å². The summed E-state index contributed by atoms with van der Waals surface area (Å²) >= 11 is 0. The highest BCUT2D eigenvalue weighted by molar-refractivity contribution is 6.46. The van der Waals surface area contributed by atoms with Gasteiger partial charge in [-0.1, -0.05) is 13.0 Å². The first-order valence-electron chi connectivity index (χ1n) is 5.41. The molecule has 0 bridgehead atoms. The van der Waals surface area contributed by atoms with Crippen LogP contribution in [0.25, 0.3) is 0 Å². The van der Waals surface area contributed by atoms with Crippen molar-refractivity contribution in [2.75, 3.05) is 13.1 Å². The van der Waals surface area contributed by atoms with Gasteiger partial charge in [0, 0.05) is 0 Å². The van der Waals surface area contributed by atoms with E-state index in [-0.39, 0.29) is 0 Å². The standard InChI is InChI=1S/C12H17NO2/c1-2-7-13-8-3-4-10-5-6-11(14)12(15)9-10/h5-6,9,13H,2-4,7-8H2,1H3. The molecular weight excluding hydrogens is 190 g/mol. The second kappa shape index (κ2) is 6.30. The van der Waals surface area contributed by atoms with Crippen LogP contribution in [0.4, 0.5) is 0 Å². The Morgan fingerprint density at radius 2 is 1.93 bits per heavy atom. The third-order valence-electron chi connectivity index (χ3n) is 2.25. The molecule has 15 heavy (non-hydrogen) atoms. The topological polar surface area (TPSA) is 46.2 Å². The highest BCUT2D eigenvalue weighted by atomic mass is 16.2. The van der Waals surface area contributed by atoms with Crippen molar-refractivity contribution in [1.82, 2.24) is 5.32 Å². The number of carbonyl (C=O) groups is 2. The Labute approximate surface area is 90.2 Å². The fraction of sp³-hybridized carbons (Fsp3) is 0.500. The van der Waals surface area contributed by atoms with E-state index in [1.807, 2.05) is 0 Å². The zero-order valence-electron chi connectivity index (χ0n) is 9.08. The highest BCUT2D eigenvalue weighted by Gasteiger charge is 2.12. The maximum Gasteiger partial charge on any atom is 0.225 e. The molecule has 82 valence electrons. The van der Waals surface area contributed by atoms with Crippen LogP contribution < -0.4 is 5.32 Å². The number of ketones is 2. The van der Waals surface area contributed by atoms with Crippen LogP contribution in [0, 0.1) is 0 Å². The van der Waals surface area contributed by atoms with E-state index in [1.54, 1.807) is 6.08 Å². The fourth-order valence-electron chi connectivity index (χ4n) is 1.43. The van der Waals surface area contributed by atoms with Gasteiger partial charge in [0.1, 0.15) is 0 Å². The van der Waals surface area contributed by atoms with Gasteiger partial charge in [0.05, 0.1) is 0 Å². The van der Waals surface area contributed by atoms with E-state index in [4.69, 9.17) is 0 Å². The molecule has 0 aromatic carbocycles. The van der Waals surface area contributed by atoms with Crippen molar-refractivity contribution in [3.8, 4) is 0 Å². The smallest absolute Gasteiger partial charge is 0.225 e. The Morgan fingerprint density at radius 1 is 1.13 bits per heavy atom. The number of carbonyl (C=O) groups excluding carboxylic acids is 2. The van der Waals surface area contributed by atoms with Crippen molar-refractivity contribution >= 4 is 11.6 Å². The van der Waals surface area contributed by atoms with Gasteiger partial charge in [-0.15, -0.1) is 0 Å². The van der Waals surface area contributed by atoms with Crippen molar-refractivity contribution in [1.29, 1.82) is 0 Å². The van der Waals surface area contributed by atoms with Gasteiger partial charge in [0.2, 0.25) is 11.6 Å². The zero-order valence-corrected chi connectivity index (χ0v) is 9.08. The summed E-state index contributed by atoms with van der Waals surface area (Å²) in [6.07, 6.45) is 7.53. The summed E-state index contributed by atoms with van der Waals surface area (Å²) in [5.41, 5.74) is 0.956. The lowest BCUT2D eigenvalue weighted by atomic mass is 10.0. The molecule has 0 amide bonds. The number of hydrogen-bond donors (Lipinski definition) is 1. The van der Waals surface area contributed by atoms with Gasteiger partial charge in [-0.3, -0.25) is 9.59 Å². The molecule has 0 fully saturated rings. The van der Waals surface area contributed by atoms with Crippen LogP contribution >= 0.6 is 0 Å². The average molecular weight is 207 g/mol. The average Bonchev–Trinajstić information content (AvgIpc) is 2.23. The molecule has 0 spiro atoms.